The number of aromatic nitrogens is 1. The molecule has 2 rings (SSSR count). The number of hydrogen-bond donors (Lipinski definition) is 2. The minimum Gasteiger partial charge on any atom is -0.506 e. The number of benzene rings is 1. The van der Waals surface area contributed by atoms with Crippen LogP contribution in [0, 0.1) is 6.92 Å². The molecule has 0 bridgehead atoms. The van der Waals surface area contributed by atoms with Gasteiger partial charge in [0.1, 0.15) is 11.3 Å². The van der Waals surface area contributed by atoms with Crippen LogP contribution >= 0.6 is 0 Å². The molecule has 0 aliphatic heterocycles. The van der Waals surface area contributed by atoms with Crippen molar-refractivity contribution in [3.63, 3.8) is 0 Å². The molecule has 0 saturated carbocycles. The summed E-state index contributed by atoms with van der Waals surface area (Å²) >= 11 is 0. The van der Waals surface area contributed by atoms with Crippen LogP contribution in [-0.2, 0) is 0 Å². The average Bonchev–Trinajstić information content (AvgIpc) is 2.18. The second-order valence-corrected chi connectivity index (χ2v) is 3.28. The molecule has 0 amide bonds. The van der Waals surface area contributed by atoms with Crippen molar-refractivity contribution in [2.45, 2.75) is 6.92 Å². The second-order valence-electron chi connectivity index (χ2n) is 3.28. The number of carboxylic acid groups (broad SMARTS) is 1. The van der Waals surface area contributed by atoms with E-state index in [1.165, 1.54) is 12.1 Å². The smallest absolute Gasteiger partial charge is 0.337 e. The molecule has 4 nitrogen and oxygen atoms in total. The average molecular weight is 203 g/mol. The van der Waals surface area contributed by atoms with Gasteiger partial charge >= 0.3 is 5.97 Å². The summed E-state index contributed by atoms with van der Waals surface area (Å²) in [5.41, 5.74) is 0.990. The van der Waals surface area contributed by atoms with E-state index in [1.807, 2.05) is 0 Å². The molecule has 2 aromatic rings. The number of hydrogen-bond acceptors (Lipinski definition) is 3. The lowest BCUT2D eigenvalue weighted by Gasteiger charge is -2.04. The summed E-state index contributed by atoms with van der Waals surface area (Å²) in [6, 6.07) is 6.41. The van der Waals surface area contributed by atoms with E-state index >= 15 is 0 Å². The van der Waals surface area contributed by atoms with Crippen molar-refractivity contribution in [2.24, 2.45) is 0 Å². The van der Waals surface area contributed by atoms with Gasteiger partial charge in [0.05, 0.1) is 11.3 Å². The Morgan fingerprint density at radius 3 is 2.80 bits per heavy atom. The molecule has 0 unspecified atom stereocenters. The van der Waals surface area contributed by atoms with Gasteiger partial charge in [0, 0.05) is 5.39 Å². The zero-order valence-corrected chi connectivity index (χ0v) is 8.06. The van der Waals surface area contributed by atoms with Crippen molar-refractivity contribution < 1.29 is 15.0 Å². The highest BCUT2D eigenvalue weighted by molar-refractivity contribution is 5.95. The third-order valence-electron chi connectivity index (χ3n) is 2.25. The van der Waals surface area contributed by atoms with Gasteiger partial charge in [-0.3, -0.25) is 0 Å². The normalized spacial score (nSPS) is 10.5. The van der Waals surface area contributed by atoms with Crippen molar-refractivity contribution in [3.8, 4) is 5.75 Å². The van der Waals surface area contributed by atoms with Crippen LogP contribution in [-0.4, -0.2) is 21.2 Å². The van der Waals surface area contributed by atoms with E-state index in [1.54, 1.807) is 19.1 Å². The summed E-state index contributed by atoms with van der Waals surface area (Å²) < 4.78 is 0. The molecular formula is C11H9NO3. The predicted octanol–water partition coefficient (Wildman–Crippen LogP) is 1.95. The summed E-state index contributed by atoms with van der Waals surface area (Å²) in [4.78, 5) is 14.9. The zero-order valence-electron chi connectivity index (χ0n) is 8.06. The van der Waals surface area contributed by atoms with E-state index in [0.29, 0.717) is 16.6 Å². The Kier molecular flexibility index (Phi) is 2.04. The van der Waals surface area contributed by atoms with E-state index in [9.17, 15) is 9.90 Å². The SMILES string of the molecule is Cc1nc2c(O)cccc2cc1C(=O)O. The maximum absolute atomic E-state index is 10.8. The van der Waals surface area contributed by atoms with Crippen LogP contribution in [0.2, 0.25) is 0 Å². The number of fused-ring (bicyclic) bond motifs is 1. The maximum atomic E-state index is 10.8. The van der Waals surface area contributed by atoms with E-state index in [2.05, 4.69) is 4.98 Å². The first-order valence-corrected chi connectivity index (χ1v) is 4.42. The lowest BCUT2D eigenvalue weighted by atomic mass is 10.1. The molecule has 15 heavy (non-hydrogen) atoms. The number of pyridine rings is 1. The fraction of sp³-hybridized carbons (Fsp3) is 0.0909. The molecule has 0 radical (unpaired) electrons. The molecule has 0 aliphatic rings. The zero-order chi connectivity index (χ0) is 11.0. The fourth-order valence-electron chi connectivity index (χ4n) is 1.49. The number of phenolic OH excluding ortho intramolecular Hbond substituents is 1. The van der Waals surface area contributed by atoms with Gasteiger partial charge in [-0.05, 0) is 19.1 Å². The highest BCUT2D eigenvalue weighted by Crippen LogP contribution is 2.24. The summed E-state index contributed by atoms with van der Waals surface area (Å²) in [6.45, 7) is 1.61. The molecule has 0 aliphatic carbocycles. The molecule has 2 N–H and O–H groups in total. The Balaban J connectivity index is 2.82. The van der Waals surface area contributed by atoms with Crippen molar-refractivity contribution in [1.29, 1.82) is 0 Å². The van der Waals surface area contributed by atoms with Crippen LogP contribution in [0.1, 0.15) is 16.1 Å². The van der Waals surface area contributed by atoms with Crippen molar-refractivity contribution in [1.82, 2.24) is 4.98 Å². The first-order valence-electron chi connectivity index (χ1n) is 4.42. The van der Waals surface area contributed by atoms with Crippen molar-refractivity contribution in [3.05, 3.63) is 35.5 Å². The fourth-order valence-corrected chi connectivity index (χ4v) is 1.49. The number of aryl methyl sites for hydroxylation is 1. The topological polar surface area (TPSA) is 70.4 Å². The largest absolute Gasteiger partial charge is 0.506 e. The van der Waals surface area contributed by atoms with Crippen LogP contribution < -0.4 is 0 Å². The van der Waals surface area contributed by atoms with Crippen LogP contribution in [0.4, 0.5) is 0 Å². The number of carboxylic acids is 1. The first kappa shape index (κ1) is 9.45. The third kappa shape index (κ3) is 1.50. The number of phenols is 1. The van der Waals surface area contributed by atoms with Crippen LogP contribution in [0.15, 0.2) is 24.3 Å². The quantitative estimate of drug-likeness (QED) is 0.743. The lowest BCUT2D eigenvalue weighted by Crippen LogP contribution is -2.01. The number of para-hydroxylation sites is 1. The van der Waals surface area contributed by atoms with Crippen LogP contribution in [0.25, 0.3) is 10.9 Å². The molecule has 1 aromatic carbocycles. The summed E-state index contributed by atoms with van der Waals surface area (Å²) in [5.74, 6) is -0.946. The van der Waals surface area contributed by atoms with Crippen LogP contribution in [0.5, 0.6) is 5.75 Å². The maximum Gasteiger partial charge on any atom is 0.337 e. The predicted molar refractivity (Wildman–Crippen MR) is 55.1 cm³/mol. The van der Waals surface area contributed by atoms with Gasteiger partial charge in [0.15, 0.2) is 0 Å². The van der Waals surface area contributed by atoms with Gasteiger partial charge in [-0.15, -0.1) is 0 Å². The van der Waals surface area contributed by atoms with Crippen molar-refractivity contribution >= 4 is 16.9 Å². The van der Waals surface area contributed by atoms with E-state index in [4.69, 9.17) is 5.11 Å². The Labute approximate surface area is 85.8 Å². The molecule has 4 heteroatoms. The highest BCUT2D eigenvalue weighted by Gasteiger charge is 2.11. The third-order valence-corrected chi connectivity index (χ3v) is 2.25. The Morgan fingerprint density at radius 1 is 1.40 bits per heavy atom. The molecule has 1 heterocycles. The number of aromatic hydroxyl groups is 1. The van der Waals surface area contributed by atoms with Crippen LogP contribution in [0.3, 0.4) is 0 Å². The molecule has 0 atom stereocenters. The van der Waals surface area contributed by atoms with E-state index in [0.717, 1.165) is 0 Å². The Bertz CT molecular complexity index is 549. The molecule has 76 valence electrons. The Morgan fingerprint density at radius 2 is 2.13 bits per heavy atom. The minimum atomic E-state index is -1.01. The summed E-state index contributed by atoms with van der Waals surface area (Å²) in [6.07, 6.45) is 0. The first-order chi connectivity index (χ1) is 7.09. The molecule has 0 spiro atoms. The summed E-state index contributed by atoms with van der Waals surface area (Å²) in [7, 11) is 0. The monoisotopic (exact) mass is 203 g/mol. The van der Waals surface area contributed by atoms with Gasteiger partial charge in [-0.25, -0.2) is 9.78 Å². The molecular weight excluding hydrogens is 194 g/mol. The van der Waals surface area contributed by atoms with Crippen molar-refractivity contribution in [2.75, 3.05) is 0 Å². The van der Waals surface area contributed by atoms with Gasteiger partial charge in [-0.2, -0.15) is 0 Å². The summed E-state index contributed by atoms with van der Waals surface area (Å²) in [5, 5.41) is 19.0. The minimum absolute atomic E-state index is 0.0625. The van der Waals surface area contributed by atoms with Gasteiger partial charge in [0.2, 0.25) is 0 Å². The van der Waals surface area contributed by atoms with Gasteiger partial charge in [0.25, 0.3) is 0 Å². The van der Waals surface area contributed by atoms with E-state index < -0.39 is 5.97 Å². The highest BCUT2D eigenvalue weighted by atomic mass is 16.4. The van der Waals surface area contributed by atoms with E-state index in [-0.39, 0.29) is 11.3 Å². The standard InChI is InChI=1S/C11H9NO3/c1-6-8(11(14)15)5-7-3-2-4-9(13)10(7)12-6/h2-5,13H,1H3,(H,14,15). The second kappa shape index (κ2) is 3.24. The number of carbonyl (C=O) groups is 1. The molecule has 0 saturated heterocycles. The molecule has 0 fully saturated rings. The number of aromatic carboxylic acids is 1. The lowest BCUT2D eigenvalue weighted by molar-refractivity contribution is 0.0696. The van der Waals surface area contributed by atoms with Gasteiger partial charge in [-0.1, -0.05) is 12.1 Å². The molecule has 1 aromatic heterocycles. The Hall–Kier alpha value is -2.10. The number of nitrogens with zero attached hydrogens (tertiary/aromatic N) is 1. The van der Waals surface area contributed by atoms with Gasteiger partial charge < -0.3 is 10.2 Å². The number of rotatable bonds is 1.